The number of amides is 2. The van der Waals surface area contributed by atoms with Crippen molar-refractivity contribution in [2.45, 2.75) is 38.6 Å². The Morgan fingerprint density at radius 2 is 2.00 bits per heavy atom. The molecule has 1 aromatic carbocycles. The highest BCUT2D eigenvalue weighted by Crippen LogP contribution is 2.35. The first-order valence-electron chi connectivity index (χ1n) is 10.1. The van der Waals surface area contributed by atoms with Crippen LogP contribution in [0.5, 0.6) is 0 Å². The van der Waals surface area contributed by atoms with Crippen LogP contribution in [-0.4, -0.2) is 40.8 Å². The van der Waals surface area contributed by atoms with Crippen LogP contribution in [0.4, 0.5) is 0 Å². The second-order valence-electron chi connectivity index (χ2n) is 7.94. The molecule has 1 aliphatic rings. The molecular weight excluding hydrogens is 438 g/mol. The minimum absolute atomic E-state index is 0.00411. The van der Waals surface area contributed by atoms with Gasteiger partial charge in [-0.25, -0.2) is 4.98 Å². The van der Waals surface area contributed by atoms with E-state index in [-0.39, 0.29) is 17.7 Å². The summed E-state index contributed by atoms with van der Waals surface area (Å²) in [4.78, 5) is 32.9. The molecule has 8 heteroatoms. The quantitative estimate of drug-likeness (QED) is 0.570. The van der Waals surface area contributed by atoms with Crippen molar-refractivity contribution in [1.29, 1.82) is 0 Å². The normalized spacial score (nSPS) is 16.2. The summed E-state index contributed by atoms with van der Waals surface area (Å²) < 4.78 is 1.14. The molecule has 3 aromatic rings. The van der Waals surface area contributed by atoms with Crippen LogP contribution in [-0.2, 0) is 4.79 Å². The van der Waals surface area contributed by atoms with Gasteiger partial charge in [0.2, 0.25) is 5.91 Å². The van der Waals surface area contributed by atoms with Gasteiger partial charge in [0.15, 0.2) is 0 Å². The van der Waals surface area contributed by atoms with E-state index >= 15 is 0 Å². The van der Waals surface area contributed by atoms with E-state index in [1.165, 1.54) is 11.3 Å². The van der Waals surface area contributed by atoms with Crippen LogP contribution in [0.15, 0.2) is 35.7 Å². The van der Waals surface area contributed by atoms with Crippen LogP contribution < -0.4 is 5.32 Å². The van der Waals surface area contributed by atoms with Crippen molar-refractivity contribution in [3.8, 4) is 0 Å². The number of thiazole rings is 1. The number of benzene rings is 1. The molecule has 0 aliphatic carbocycles. The average Bonchev–Trinajstić information content (AvgIpc) is 3.41. The van der Waals surface area contributed by atoms with Crippen molar-refractivity contribution >= 4 is 56.3 Å². The lowest BCUT2D eigenvalue weighted by Crippen LogP contribution is -2.52. The number of fused-ring (bicyclic) bond motifs is 1. The zero-order valence-electron chi connectivity index (χ0n) is 16.9. The second kappa shape index (κ2) is 9.04. The van der Waals surface area contributed by atoms with Gasteiger partial charge in [0, 0.05) is 24.0 Å². The van der Waals surface area contributed by atoms with E-state index < -0.39 is 6.04 Å². The average molecular weight is 462 g/mol. The number of carbonyl (C=O) groups excluding carboxylic acids is 2. The fourth-order valence-electron chi connectivity index (χ4n) is 3.77. The topological polar surface area (TPSA) is 62.3 Å². The summed E-state index contributed by atoms with van der Waals surface area (Å²) in [5.74, 6) is 0.195. The zero-order valence-corrected chi connectivity index (χ0v) is 19.3. The van der Waals surface area contributed by atoms with Gasteiger partial charge in [-0.05, 0) is 48.4 Å². The van der Waals surface area contributed by atoms with E-state index in [1.807, 2.05) is 48.4 Å². The van der Waals surface area contributed by atoms with E-state index in [9.17, 15) is 9.59 Å². The molecule has 2 amide bonds. The molecule has 5 nitrogen and oxygen atoms in total. The van der Waals surface area contributed by atoms with Crippen LogP contribution in [0, 0.1) is 5.92 Å². The standard InChI is InChI=1S/C22H24ClN3O2S2/c1-13(2)19(25-20(27)18-4-3-11-29-18)22(28)26-9-7-14(8-10-26)21-24-16-12-15(23)5-6-17(16)30-21/h3-6,11-14,19H,7-10H2,1-2H3,(H,25,27). The fraction of sp³-hybridized carbons (Fsp3) is 0.409. The molecule has 3 heterocycles. The van der Waals surface area contributed by atoms with E-state index in [2.05, 4.69) is 5.32 Å². The largest absolute Gasteiger partial charge is 0.341 e. The molecule has 0 spiro atoms. The third-order valence-electron chi connectivity index (χ3n) is 5.49. The third-order valence-corrected chi connectivity index (χ3v) is 7.79. The van der Waals surface area contributed by atoms with Crippen molar-refractivity contribution in [2.75, 3.05) is 13.1 Å². The Morgan fingerprint density at radius 1 is 1.23 bits per heavy atom. The number of nitrogens with zero attached hydrogens (tertiary/aromatic N) is 2. The van der Waals surface area contributed by atoms with Gasteiger partial charge in [-0.3, -0.25) is 9.59 Å². The lowest BCUT2D eigenvalue weighted by Gasteiger charge is -2.34. The number of rotatable bonds is 5. The Morgan fingerprint density at radius 3 is 2.67 bits per heavy atom. The minimum atomic E-state index is -0.513. The summed E-state index contributed by atoms with van der Waals surface area (Å²) in [5, 5.41) is 6.62. The number of piperidine rings is 1. The molecule has 4 rings (SSSR count). The van der Waals surface area contributed by atoms with Gasteiger partial charge in [-0.2, -0.15) is 0 Å². The molecule has 1 atom stereocenters. The van der Waals surface area contributed by atoms with Crippen LogP contribution in [0.25, 0.3) is 10.2 Å². The summed E-state index contributed by atoms with van der Waals surface area (Å²) in [6, 6.07) is 8.91. The van der Waals surface area contributed by atoms with Crippen molar-refractivity contribution in [3.05, 3.63) is 50.6 Å². The molecule has 0 bridgehead atoms. The van der Waals surface area contributed by atoms with E-state index in [0.29, 0.717) is 28.9 Å². The molecule has 1 saturated heterocycles. The van der Waals surface area contributed by atoms with E-state index in [4.69, 9.17) is 16.6 Å². The number of halogens is 1. The Kier molecular flexibility index (Phi) is 6.41. The molecule has 0 radical (unpaired) electrons. The van der Waals surface area contributed by atoms with Crippen molar-refractivity contribution in [2.24, 2.45) is 5.92 Å². The maximum Gasteiger partial charge on any atom is 0.262 e. The summed E-state index contributed by atoms with van der Waals surface area (Å²) in [6.45, 7) is 5.29. The number of carbonyl (C=O) groups is 2. The monoisotopic (exact) mass is 461 g/mol. The maximum atomic E-state index is 13.2. The first-order chi connectivity index (χ1) is 14.4. The number of nitrogens with one attached hydrogen (secondary N) is 1. The Balaban J connectivity index is 1.40. The van der Waals surface area contributed by atoms with Gasteiger partial charge in [-0.15, -0.1) is 22.7 Å². The lowest BCUT2D eigenvalue weighted by molar-refractivity contribution is -0.135. The van der Waals surface area contributed by atoms with Gasteiger partial charge in [0.05, 0.1) is 20.1 Å². The second-order valence-corrected chi connectivity index (χ2v) is 10.4. The first-order valence-corrected chi connectivity index (χ1v) is 12.2. The van der Waals surface area contributed by atoms with Gasteiger partial charge < -0.3 is 10.2 Å². The third kappa shape index (κ3) is 4.53. The molecule has 1 unspecified atom stereocenters. The number of aromatic nitrogens is 1. The molecule has 1 N–H and O–H groups in total. The van der Waals surface area contributed by atoms with Crippen molar-refractivity contribution < 1.29 is 9.59 Å². The molecule has 30 heavy (non-hydrogen) atoms. The van der Waals surface area contributed by atoms with E-state index in [1.54, 1.807) is 17.4 Å². The fourth-order valence-corrected chi connectivity index (χ4v) is 5.68. The predicted molar refractivity (Wildman–Crippen MR) is 124 cm³/mol. The molecule has 1 aliphatic heterocycles. The highest BCUT2D eigenvalue weighted by molar-refractivity contribution is 7.18. The summed E-state index contributed by atoms with van der Waals surface area (Å²) >= 11 is 9.18. The molecule has 1 fully saturated rings. The molecular formula is C22H24ClN3O2S2. The van der Waals surface area contributed by atoms with Gasteiger partial charge >= 0.3 is 0 Å². The van der Waals surface area contributed by atoms with Crippen molar-refractivity contribution in [1.82, 2.24) is 15.2 Å². The van der Waals surface area contributed by atoms with Crippen LogP contribution >= 0.6 is 34.3 Å². The van der Waals surface area contributed by atoms with Crippen molar-refractivity contribution in [3.63, 3.8) is 0 Å². The van der Waals surface area contributed by atoms with Crippen LogP contribution in [0.1, 0.15) is 47.3 Å². The first kappa shape index (κ1) is 21.3. The number of hydrogen-bond donors (Lipinski definition) is 1. The Hall–Kier alpha value is -1.96. The molecule has 0 saturated carbocycles. The number of likely N-dealkylation sites (tertiary alicyclic amines) is 1. The summed E-state index contributed by atoms with van der Waals surface area (Å²) in [7, 11) is 0. The number of hydrogen-bond acceptors (Lipinski definition) is 5. The Labute approximate surface area is 189 Å². The lowest BCUT2D eigenvalue weighted by atomic mass is 9.95. The molecule has 2 aromatic heterocycles. The zero-order chi connectivity index (χ0) is 21.3. The van der Waals surface area contributed by atoms with E-state index in [0.717, 1.165) is 28.1 Å². The highest BCUT2D eigenvalue weighted by Gasteiger charge is 2.32. The SMILES string of the molecule is CC(C)C(NC(=O)c1cccs1)C(=O)N1CCC(c2nc3cc(Cl)ccc3s2)CC1. The van der Waals surface area contributed by atoms with Gasteiger partial charge in [0.25, 0.3) is 5.91 Å². The predicted octanol–water partition coefficient (Wildman–Crippen LogP) is 5.17. The highest BCUT2D eigenvalue weighted by atomic mass is 35.5. The van der Waals surface area contributed by atoms with Crippen LogP contribution in [0.2, 0.25) is 5.02 Å². The number of thiophene rings is 1. The minimum Gasteiger partial charge on any atom is -0.341 e. The smallest absolute Gasteiger partial charge is 0.262 e. The van der Waals surface area contributed by atoms with Gasteiger partial charge in [0.1, 0.15) is 6.04 Å². The summed E-state index contributed by atoms with van der Waals surface area (Å²) in [6.07, 6.45) is 1.76. The van der Waals surface area contributed by atoms with Crippen LogP contribution in [0.3, 0.4) is 0 Å². The van der Waals surface area contributed by atoms with Gasteiger partial charge in [-0.1, -0.05) is 31.5 Å². The molecule has 158 valence electrons. The summed E-state index contributed by atoms with van der Waals surface area (Å²) in [5.41, 5.74) is 0.942. The Bertz CT molecular complexity index is 1040. The maximum absolute atomic E-state index is 13.2.